The van der Waals surface area contributed by atoms with E-state index in [0.29, 0.717) is 5.76 Å². The van der Waals surface area contributed by atoms with Crippen molar-refractivity contribution in [1.29, 1.82) is 0 Å². The van der Waals surface area contributed by atoms with Gasteiger partial charge in [-0.2, -0.15) is 0 Å². The zero-order valence-corrected chi connectivity index (χ0v) is 12.7. The van der Waals surface area contributed by atoms with Crippen LogP contribution in [0.1, 0.15) is 24.2 Å². The first-order valence-corrected chi connectivity index (χ1v) is 7.62. The standard InChI is InChI=1S/C19H16O4/c1-12-15-7-3-5-9-17(15)23-18(12)19(20)21-11-14-10-13-6-2-4-8-16(13)22-14/h2-10,12,18H,11H2,1H3. The molecular weight excluding hydrogens is 292 g/mol. The average molecular weight is 308 g/mol. The van der Waals surface area contributed by atoms with Crippen molar-refractivity contribution in [2.75, 3.05) is 0 Å². The van der Waals surface area contributed by atoms with Gasteiger partial charge in [-0.3, -0.25) is 0 Å². The summed E-state index contributed by atoms with van der Waals surface area (Å²) in [5.41, 5.74) is 1.83. The first-order valence-electron chi connectivity index (χ1n) is 7.62. The lowest BCUT2D eigenvalue weighted by atomic mass is 9.98. The number of furan rings is 1. The van der Waals surface area contributed by atoms with Crippen molar-refractivity contribution in [3.63, 3.8) is 0 Å². The highest BCUT2D eigenvalue weighted by molar-refractivity contribution is 5.79. The third-order valence-corrected chi connectivity index (χ3v) is 4.18. The van der Waals surface area contributed by atoms with Crippen molar-refractivity contribution in [1.82, 2.24) is 0 Å². The Kier molecular flexibility index (Phi) is 3.30. The first-order chi connectivity index (χ1) is 11.2. The van der Waals surface area contributed by atoms with Gasteiger partial charge in [-0.15, -0.1) is 0 Å². The van der Waals surface area contributed by atoms with Crippen LogP contribution in [0.5, 0.6) is 5.75 Å². The van der Waals surface area contributed by atoms with Gasteiger partial charge in [-0.05, 0) is 18.2 Å². The van der Waals surface area contributed by atoms with Crippen LogP contribution in [0.3, 0.4) is 0 Å². The molecule has 1 aromatic heterocycles. The largest absolute Gasteiger partial charge is 0.478 e. The molecule has 1 aliphatic rings. The second-order valence-electron chi connectivity index (χ2n) is 5.72. The van der Waals surface area contributed by atoms with Crippen LogP contribution in [-0.4, -0.2) is 12.1 Å². The summed E-state index contributed by atoms with van der Waals surface area (Å²) in [6, 6.07) is 17.3. The fourth-order valence-corrected chi connectivity index (χ4v) is 2.95. The second kappa shape index (κ2) is 5.47. The van der Waals surface area contributed by atoms with Crippen molar-refractivity contribution in [3.8, 4) is 5.75 Å². The van der Waals surface area contributed by atoms with E-state index in [0.717, 1.165) is 22.3 Å². The number of esters is 1. The van der Waals surface area contributed by atoms with E-state index < -0.39 is 6.10 Å². The highest BCUT2D eigenvalue weighted by Crippen LogP contribution is 2.38. The Labute approximate surface area is 133 Å². The fraction of sp³-hybridized carbons (Fsp3) is 0.211. The maximum absolute atomic E-state index is 12.3. The van der Waals surface area contributed by atoms with Crippen molar-refractivity contribution in [2.45, 2.75) is 25.6 Å². The lowest BCUT2D eigenvalue weighted by Crippen LogP contribution is -2.29. The predicted octanol–water partition coefficient (Wildman–Crippen LogP) is 4.04. The predicted molar refractivity (Wildman–Crippen MR) is 85.3 cm³/mol. The van der Waals surface area contributed by atoms with Crippen LogP contribution in [-0.2, 0) is 16.1 Å². The molecule has 2 aromatic carbocycles. The molecule has 0 bridgehead atoms. The minimum Gasteiger partial charge on any atom is -0.478 e. The highest BCUT2D eigenvalue weighted by Gasteiger charge is 2.37. The molecule has 0 spiro atoms. The Morgan fingerprint density at radius 2 is 1.91 bits per heavy atom. The number of rotatable bonds is 3. The molecule has 3 aromatic rings. The summed E-state index contributed by atoms with van der Waals surface area (Å²) in [6.45, 7) is 2.08. The molecule has 0 radical (unpaired) electrons. The third kappa shape index (κ3) is 2.46. The van der Waals surface area contributed by atoms with Gasteiger partial charge in [0.25, 0.3) is 0 Å². The molecule has 116 valence electrons. The van der Waals surface area contributed by atoms with Crippen molar-refractivity contribution in [3.05, 3.63) is 65.9 Å². The summed E-state index contributed by atoms with van der Waals surface area (Å²) in [7, 11) is 0. The zero-order valence-electron chi connectivity index (χ0n) is 12.7. The number of ether oxygens (including phenoxy) is 2. The minimum absolute atomic E-state index is 0.0191. The van der Waals surface area contributed by atoms with E-state index >= 15 is 0 Å². The minimum atomic E-state index is -0.600. The molecule has 4 nitrogen and oxygen atoms in total. The molecular formula is C19H16O4. The molecule has 2 heterocycles. The smallest absolute Gasteiger partial charge is 0.348 e. The number of para-hydroxylation sites is 2. The molecule has 0 N–H and O–H groups in total. The number of carbonyl (C=O) groups excluding carboxylic acids is 1. The molecule has 0 saturated carbocycles. The van der Waals surface area contributed by atoms with Crippen LogP contribution in [0, 0.1) is 0 Å². The van der Waals surface area contributed by atoms with Crippen molar-refractivity contribution in [2.24, 2.45) is 0 Å². The van der Waals surface area contributed by atoms with Gasteiger partial charge >= 0.3 is 5.97 Å². The van der Waals surface area contributed by atoms with Crippen LogP contribution >= 0.6 is 0 Å². The molecule has 0 saturated heterocycles. The number of fused-ring (bicyclic) bond motifs is 2. The van der Waals surface area contributed by atoms with Gasteiger partial charge in [0, 0.05) is 16.9 Å². The lowest BCUT2D eigenvalue weighted by molar-refractivity contribution is -0.153. The molecule has 23 heavy (non-hydrogen) atoms. The van der Waals surface area contributed by atoms with Gasteiger partial charge in [0.05, 0.1) is 0 Å². The van der Waals surface area contributed by atoms with Gasteiger partial charge in [0.15, 0.2) is 0 Å². The maximum atomic E-state index is 12.3. The SMILES string of the molecule is CC1c2ccccc2OC1C(=O)OCc1cc2ccccc2o1. The van der Waals surface area contributed by atoms with Crippen LogP contribution in [0.25, 0.3) is 11.0 Å². The van der Waals surface area contributed by atoms with E-state index in [1.807, 2.05) is 61.5 Å². The van der Waals surface area contributed by atoms with E-state index in [4.69, 9.17) is 13.9 Å². The summed E-state index contributed by atoms with van der Waals surface area (Å²) >= 11 is 0. The number of carbonyl (C=O) groups is 1. The molecule has 0 amide bonds. The van der Waals surface area contributed by atoms with Crippen molar-refractivity contribution >= 4 is 16.9 Å². The Morgan fingerprint density at radius 1 is 1.13 bits per heavy atom. The normalized spacial score (nSPS) is 19.3. The van der Waals surface area contributed by atoms with E-state index in [1.54, 1.807) is 0 Å². The van der Waals surface area contributed by atoms with Crippen LogP contribution < -0.4 is 4.74 Å². The van der Waals surface area contributed by atoms with Crippen LogP contribution in [0.15, 0.2) is 59.0 Å². The fourth-order valence-electron chi connectivity index (χ4n) is 2.95. The Bertz CT molecular complexity index is 831. The molecule has 0 aliphatic carbocycles. The summed E-state index contributed by atoms with van der Waals surface area (Å²) in [5.74, 6) is 0.997. The monoisotopic (exact) mass is 308 g/mol. The van der Waals surface area contributed by atoms with Crippen LogP contribution in [0.2, 0.25) is 0 Å². The Hall–Kier alpha value is -2.75. The van der Waals surface area contributed by atoms with E-state index in [2.05, 4.69) is 0 Å². The van der Waals surface area contributed by atoms with Gasteiger partial charge < -0.3 is 13.9 Å². The summed E-state index contributed by atoms with van der Waals surface area (Å²) < 4.78 is 16.8. The highest BCUT2D eigenvalue weighted by atomic mass is 16.6. The average Bonchev–Trinajstić information content (AvgIpc) is 3.14. The summed E-state index contributed by atoms with van der Waals surface area (Å²) in [6.07, 6.45) is -0.600. The molecule has 4 heteroatoms. The summed E-state index contributed by atoms with van der Waals surface area (Å²) in [5, 5.41) is 0.997. The quantitative estimate of drug-likeness (QED) is 0.685. The third-order valence-electron chi connectivity index (χ3n) is 4.18. The van der Waals surface area contributed by atoms with E-state index in [-0.39, 0.29) is 18.5 Å². The van der Waals surface area contributed by atoms with Gasteiger partial charge in [-0.1, -0.05) is 43.3 Å². The number of hydrogen-bond acceptors (Lipinski definition) is 4. The maximum Gasteiger partial charge on any atom is 0.348 e. The van der Waals surface area contributed by atoms with Crippen LogP contribution in [0.4, 0.5) is 0 Å². The summed E-state index contributed by atoms with van der Waals surface area (Å²) in [4.78, 5) is 12.3. The van der Waals surface area contributed by atoms with E-state index in [9.17, 15) is 4.79 Å². The molecule has 0 fully saturated rings. The molecule has 4 rings (SSSR count). The zero-order chi connectivity index (χ0) is 15.8. The second-order valence-corrected chi connectivity index (χ2v) is 5.72. The lowest BCUT2D eigenvalue weighted by Gasteiger charge is -2.13. The number of hydrogen-bond donors (Lipinski definition) is 0. The Balaban J connectivity index is 1.45. The van der Waals surface area contributed by atoms with Gasteiger partial charge in [0.1, 0.15) is 23.7 Å². The number of benzene rings is 2. The van der Waals surface area contributed by atoms with Crippen molar-refractivity contribution < 1.29 is 18.7 Å². The van der Waals surface area contributed by atoms with E-state index in [1.165, 1.54) is 0 Å². The topological polar surface area (TPSA) is 48.7 Å². The molecule has 2 unspecified atom stereocenters. The Morgan fingerprint density at radius 3 is 2.74 bits per heavy atom. The van der Waals surface area contributed by atoms with Gasteiger partial charge in [0.2, 0.25) is 6.10 Å². The molecule has 1 aliphatic heterocycles. The molecule has 2 atom stereocenters. The first kappa shape index (κ1) is 13.9. The van der Waals surface area contributed by atoms with Gasteiger partial charge in [-0.25, -0.2) is 4.79 Å².